The molecule has 14 heavy (non-hydrogen) atoms. The topological polar surface area (TPSA) is 112 Å². The Hall–Kier alpha value is -2.02. The standard InChI is InChI=1S/C7H7N3O4/c8-7(10(13)14)5-3-1-2-4-6(5)9(11)12/h1-4,7H,8H2. The van der Waals surface area contributed by atoms with E-state index in [1.807, 2.05) is 0 Å². The summed E-state index contributed by atoms with van der Waals surface area (Å²) in [7, 11) is 0. The van der Waals surface area contributed by atoms with Gasteiger partial charge in [-0.2, -0.15) is 0 Å². The minimum absolute atomic E-state index is 0.0949. The highest BCUT2D eigenvalue weighted by molar-refractivity contribution is 5.40. The smallest absolute Gasteiger partial charge is 0.264 e. The first-order chi connectivity index (χ1) is 6.54. The summed E-state index contributed by atoms with van der Waals surface area (Å²) < 4.78 is 0. The molecule has 0 aliphatic heterocycles. The van der Waals surface area contributed by atoms with Crippen LogP contribution in [0.1, 0.15) is 11.7 Å². The molecule has 7 nitrogen and oxygen atoms in total. The molecule has 1 aromatic carbocycles. The zero-order valence-corrected chi connectivity index (χ0v) is 6.99. The molecule has 0 aliphatic rings. The van der Waals surface area contributed by atoms with Crippen molar-refractivity contribution in [3.63, 3.8) is 0 Å². The van der Waals surface area contributed by atoms with Gasteiger partial charge >= 0.3 is 0 Å². The van der Waals surface area contributed by atoms with E-state index >= 15 is 0 Å². The van der Waals surface area contributed by atoms with Crippen LogP contribution in [0.5, 0.6) is 0 Å². The highest BCUT2D eigenvalue weighted by Gasteiger charge is 2.25. The molecule has 0 spiro atoms. The van der Waals surface area contributed by atoms with Crippen molar-refractivity contribution in [2.24, 2.45) is 5.73 Å². The Morgan fingerprint density at radius 3 is 2.29 bits per heavy atom. The monoisotopic (exact) mass is 197 g/mol. The quantitative estimate of drug-likeness (QED) is 0.438. The molecule has 1 unspecified atom stereocenters. The van der Waals surface area contributed by atoms with E-state index in [1.54, 1.807) is 0 Å². The first-order valence-electron chi connectivity index (χ1n) is 3.66. The van der Waals surface area contributed by atoms with Gasteiger partial charge in [-0.1, -0.05) is 12.1 Å². The fraction of sp³-hybridized carbons (Fsp3) is 0.143. The van der Waals surface area contributed by atoms with Crippen molar-refractivity contribution in [2.45, 2.75) is 6.17 Å². The number of para-hydroxylation sites is 1. The van der Waals surface area contributed by atoms with Gasteiger partial charge in [0.25, 0.3) is 11.9 Å². The lowest BCUT2D eigenvalue weighted by atomic mass is 10.1. The second-order valence-corrected chi connectivity index (χ2v) is 2.55. The van der Waals surface area contributed by atoms with Crippen LogP contribution in [0.15, 0.2) is 24.3 Å². The van der Waals surface area contributed by atoms with Gasteiger partial charge in [0, 0.05) is 11.0 Å². The molecule has 0 fully saturated rings. The molecule has 0 saturated carbocycles. The molecule has 0 bridgehead atoms. The van der Waals surface area contributed by atoms with Crippen molar-refractivity contribution in [2.75, 3.05) is 0 Å². The third-order valence-corrected chi connectivity index (χ3v) is 1.68. The Labute approximate surface area is 78.4 Å². The van der Waals surface area contributed by atoms with Crippen LogP contribution in [0.3, 0.4) is 0 Å². The zero-order chi connectivity index (χ0) is 10.7. The maximum atomic E-state index is 10.5. The lowest BCUT2D eigenvalue weighted by Gasteiger charge is -2.03. The van der Waals surface area contributed by atoms with E-state index in [2.05, 4.69) is 0 Å². The molecule has 1 aromatic rings. The second-order valence-electron chi connectivity index (χ2n) is 2.55. The Bertz CT molecular complexity index is 379. The summed E-state index contributed by atoms with van der Waals surface area (Å²) in [6.07, 6.45) is -1.56. The lowest BCUT2D eigenvalue weighted by molar-refractivity contribution is -0.529. The van der Waals surface area contributed by atoms with Crippen LogP contribution < -0.4 is 5.73 Å². The van der Waals surface area contributed by atoms with E-state index < -0.39 is 16.0 Å². The van der Waals surface area contributed by atoms with E-state index in [9.17, 15) is 20.2 Å². The number of nitro benzene ring substituents is 1. The highest BCUT2D eigenvalue weighted by atomic mass is 16.6. The number of nitro groups is 2. The van der Waals surface area contributed by atoms with Crippen molar-refractivity contribution in [1.82, 2.24) is 0 Å². The third-order valence-electron chi connectivity index (χ3n) is 1.68. The van der Waals surface area contributed by atoms with Gasteiger partial charge in [0.05, 0.1) is 4.92 Å². The Morgan fingerprint density at radius 1 is 1.21 bits per heavy atom. The maximum absolute atomic E-state index is 10.5. The predicted molar refractivity (Wildman–Crippen MR) is 47.0 cm³/mol. The first-order valence-corrected chi connectivity index (χ1v) is 3.66. The van der Waals surface area contributed by atoms with Gasteiger partial charge in [0.2, 0.25) is 0 Å². The number of nitrogens with two attached hydrogens (primary N) is 1. The van der Waals surface area contributed by atoms with Crippen molar-refractivity contribution < 1.29 is 9.85 Å². The molecule has 7 heteroatoms. The van der Waals surface area contributed by atoms with E-state index in [0.717, 1.165) is 0 Å². The maximum Gasteiger partial charge on any atom is 0.295 e. The van der Waals surface area contributed by atoms with Crippen LogP contribution >= 0.6 is 0 Å². The van der Waals surface area contributed by atoms with Crippen LogP contribution in [0.4, 0.5) is 5.69 Å². The minimum atomic E-state index is -1.56. The molecular formula is C7H7N3O4. The molecule has 0 saturated heterocycles. The zero-order valence-electron chi connectivity index (χ0n) is 6.99. The van der Waals surface area contributed by atoms with Crippen molar-refractivity contribution in [3.05, 3.63) is 50.1 Å². The molecule has 0 aromatic heterocycles. The first kappa shape index (κ1) is 10.1. The molecule has 0 radical (unpaired) electrons. The molecule has 0 heterocycles. The Balaban J connectivity index is 3.19. The fourth-order valence-corrected chi connectivity index (χ4v) is 1.02. The molecular weight excluding hydrogens is 190 g/mol. The number of nitrogens with zero attached hydrogens (tertiary/aromatic N) is 2. The van der Waals surface area contributed by atoms with Crippen molar-refractivity contribution in [1.29, 1.82) is 0 Å². The van der Waals surface area contributed by atoms with E-state index in [0.29, 0.717) is 0 Å². The van der Waals surface area contributed by atoms with Crippen molar-refractivity contribution in [3.8, 4) is 0 Å². The average Bonchev–Trinajstić information content (AvgIpc) is 2.16. The SMILES string of the molecule is NC(c1ccccc1[N+](=O)[O-])[N+](=O)[O-]. The normalized spacial score (nSPS) is 12.1. The van der Waals surface area contributed by atoms with Crippen LogP contribution in [0.2, 0.25) is 0 Å². The van der Waals surface area contributed by atoms with Crippen LogP contribution in [-0.4, -0.2) is 9.85 Å². The lowest BCUT2D eigenvalue weighted by Crippen LogP contribution is -2.20. The number of hydrogen-bond acceptors (Lipinski definition) is 5. The minimum Gasteiger partial charge on any atom is -0.264 e. The third kappa shape index (κ3) is 1.83. The van der Waals surface area contributed by atoms with Gasteiger partial charge in [0.15, 0.2) is 0 Å². The molecule has 1 rings (SSSR count). The van der Waals surface area contributed by atoms with E-state index in [1.165, 1.54) is 24.3 Å². The highest BCUT2D eigenvalue weighted by Crippen LogP contribution is 2.23. The number of rotatable bonds is 3. The molecule has 1 atom stereocenters. The van der Waals surface area contributed by atoms with Gasteiger partial charge in [-0.05, 0) is 6.07 Å². The molecule has 2 N–H and O–H groups in total. The van der Waals surface area contributed by atoms with Crippen molar-refractivity contribution >= 4 is 5.69 Å². The number of benzene rings is 1. The van der Waals surface area contributed by atoms with E-state index in [4.69, 9.17) is 5.73 Å². The summed E-state index contributed by atoms with van der Waals surface area (Å²) >= 11 is 0. The summed E-state index contributed by atoms with van der Waals surface area (Å²) in [5.74, 6) is 0. The molecule has 0 aliphatic carbocycles. The fourth-order valence-electron chi connectivity index (χ4n) is 1.02. The second kappa shape index (κ2) is 3.79. The predicted octanol–water partition coefficient (Wildman–Crippen LogP) is 0.829. The Kier molecular flexibility index (Phi) is 2.73. The summed E-state index contributed by atoms with van der Waals surface area (Å²) in [5, 5.41) is 20.8. The molecule has 0 amide bonds. The van der Waals surface area contributed by atoms with Gasteiger partial charge < -0.3 is 0 Å². The number of hydrogen-bond donors (Lipinski definition) is 1. The van der Waals surface area contributed by atoms with Gasteiger partial charge in [-0.15, -0.1) is 0 Å². The summed E-state index contributed by atoms with van der Waals surface area (Å²) in [5.41, 5.74) is 4.74. The Morgan fingerprint density at radius 2 is 1.79 bits per heavy atom. The van der Waals surface area contributed by atoms with Gasteiger partial charge in [0.1, 0.15) is 5.56 Å². The van der Waals surface area contributed by atoms with Gasteiger partial charge in [-0.25, -0.2) is 0 Å². The summed E-state index contributed by atoms with van der Waals surface area (Å²) in [4.78, 5) is 19.3. The van der Waals surface area contributed by atoms with Crippen LogP contribution in [0.25, 0.3) is 0 Å². The van der Waals surface area contributed by atoms with Crippen LogP contribution in [0, 0.1) is 20.2 Å². The van der Waals surface area contributed by atoms with E-state index in [-0.39, 0.29) is 11.3 Å². The largest absolute Gasteiger partial charge is 0.295 e. The average molecular weight is 197 g/mol. The summed E-state index contributed by atoms with van der Waals surface area (Å²) in [6.45, 7) is 0. The van der Waals surface area contributed by atoms with Gasteiger partial charge in [-0.3, -0.25) is 26.0 Å². The molecule has 74 valence electrons. The summed E-state index contributed by atoms with van der Waals surface area (Å²) in [6, 6.07) is 5.34. The van der Waals surface area contributed by atoms with Crippen LogP contribution in [-0.2, 0) is 0 Å².